The molecule has 0 N–H and O–H groups in total. The van der Waals surface area contributed by atoms with Crippen molar-refractivity contribution in [2.24, 2.45) is 0 Å². The quantitative estimate of drug-likeness (QED) is 0.508. The van der Waals surface area contributed by atoms with Gasteiger partial charge in [0.25, 0.3) is 0 Å². The van der Waals surface area contributed by atoms with Crippen molar-refractivity contribution in [1.82, 2.24) is 14.8 Å². The number of nitrogens with zero attached hydrogens (tertiary/aromatic N) is 3. The van der Waals surface area contributed by atoms with Gasteiger partial charge in [0.1, 0.15) is 11.6 Å². The van der Waals surface area contributed by atoms with Crippen molar-refractivity contribution in [1.29, 1.82) is 0 Å². The fraction of sp³-hybridized carbons (Fsp3) is 0.360. The highest BCUT2D eigenvalue weighted by Gasteiger charge is 2.28. The second-order valence-electron chi connectivity index (χ2n) is 8.45. The molecular formula is C25H27ClFN3O2. The van der Waals surface area contributed by atoms with Gasteiger partial charge in [-0.1, -0.05) is 35.9 Å². The van der Waals surface area contributed by atoms with Gasteiger partial charge < -0.3 is 9.32 Å². The van der Waals surface area contributed by atoms with Gasteiger partial charge in [0.05, 0.1) is 18.7 Å². The van der Waals surface area contributed by atoms with Gasteiger partial charge in [-0.25, -0.2) is 9.37 Å². The summed E-state index contributed by atoms with van der Waals surface area (Å²) in [5, 5.41) is 0.710. The standard InChI is InChI=1S/C25H27ClFN3O2/c1-29(15-19-6-10-22(27)11-7-19)17-24(31)30-12-2-3-20(16-30)25-28-14-23(32-25)13-18-4-8-21(26)9-5-18/h4-11,14,20H,2-3,12-13,15-17H2,1H3. The summed E-state index contributed by atoms with van der Waals surface area (Å²) in [5.41, 5.74) is 2.09. The van der Waals surface area contributed by atoms with Gasteiger partial charge in [0.15, 0.2) is 5.89 Å². The van der Waals surface area contributed by atoms with Crippen LogP contribution in [0.15, 0.2) is 59.1 Å². The van der Waals surface area contributed by atoms with Crippen LogP contribution in [0, 0.1) is 5.82 Å². The van der Waals surface area contributed by atoms with Crippen LogP contribution >= 0.6 is 11.6 Å². The molecule has 0 spiro atoms. The van der Waals surface area contributed by atoms with Crippen LogP contribution in [0.3, 0.4) is 0 Å². The van der Waals surface area contributed by atoms with Crippen molar-refractivity contribution in [2.45, 2.75) is 31.7 Å². The summed E-state index contributed by atoms with van der Waals surface area (Å²) in [6.07, 6.45) is 4.32. The van der Waals surface area contributed by atoms with E-state index >= 15 is 0 Å². The Hall–Kier alpha value is -2.70. The van der Waals surface area contributed by atoms with Crippen molar-refractivity contribution in [3.05, 3.63) is 88.3 Å². The van der Waals surface area contributed by atoms with E-state index in [0.29, 0.717) is 37.0 Å². The third-order valence-corrected chi connectivity index (χ3v) is 6.01. The molecule has 1 atom stereocenters. The molecule has 2 aromatic carbocycles. The lowest BCUT2D eigenvalue weighted by molar-refractivity contribution is -0.133. The number of carbonyl (C=O) groups excluding carboxylic acids is 1. The Labute approximate surface area is 192 Å². The first-order chi connectivity index (χ1) is 15.5. The van der Waals surface area contributed by atoms with Gasteiger partial charge in [-0.3, -0.25) is 9.69 Å². The fourth-order valence-corrected chi connectivity index (χ4v) is 4.22. The maximum atomic E-state index is 13.1. The van der Waals surface area contributed by atoms with E-state index in [0.717, 1.165) is 36.3 Å². The summed E-state index contributed by atoms with van der Waals surface area (Å²) < 4.78 is 19.1. The van der Waals surface area contributed by atoms with Gasteiger partial charge in [-0.2, -0.15) is 0 Å². The highest BCUT2D eigenvalue weighted by atomic mass is 35.5. The number of hydrogen-bond donors (Lipinski definition) is 0. The van der Waals surface area contributed by atoms with Crippen LogP contribution in [-0.2, 0) is 17.8 Å². The maximum absolute atomic E-state index is 13.1. The molecule has 2 heterocycles. The van der Waals surface area contributed by atoms with Crippen LogP contribution in [0.2, 0.25) is 5.02 Å². The van der Waals surface area contributed by atoms with E-state index in [1.807, 2.05) is 41.1 Å². The molecule has 1 amide bonds. The molecule has 32 heavy (non-hydrogen) atoms. The lowest BCUT2D eigenvalue weighted by atomic mass is 9.98. The molecular weight excluding hydrogens is 429 g/mol. The Morgan fingerprint density at radius 3 is 2.66 bits per heavy atom. The Bertz CT molecular complexity index is 1040. The lowest BCUT2D eigenvalue weighted by Gasteiger charge is -2.32. The number of likely N-dealkylation sites (N-methyl/N-ethyl adjacent to an activating group) is 1. The molecule has 5 nitrogen and oxygen atoms in total. The van der Waals surface area contributed by atoms with E-state index < -0.39 is 0 Å². The molecule has 7 heteroatoms. The number of rotatable bonds is 7. The van der Waals surface area contributed by atoms with E-state index in [-0.39, 0.29) is 17.6 Å². The molecule has 4 rings (SSSR count). The SMILES string of the molecule is CN(CC(=O)N1CCCC(c2ncc(Cc3ccc(Cl)cc3)o2)C1)Cc1ccc(F)cc1. The zero-order chi connectivity index (χ0) is 22.5. The van der Waals surface area contributed by atoms with Crippen molar-refractivity contribution in [3.63, 3.8) is 0 Å². The second kappa shape index (κ2) is 10.3. The van der Waals surface area contributed by atoms with Crippen LogP contribution < -0.4 is 0 Å². The van der Waals surface area contributed by atoms with Crippen LogP contribution in [0.1, 0.15) is 41.5 Å². The molecule has 168 valence electrons. The summed E-state index contributed by atoms with van der Waals surface area (Å²) in [7, 11) is 1.90. The highest BCUT2D eigenvalue weighted by molar-refractivity contribution is 6.30. The third kappa shape index (κ3) is 5.96. The van der Waals surface area contributed by atoms with Crippen LogP contribution in [0.4, 0.5) is 4.39 Å². The van der Waals surface area contributed by atoms with Gasteiger partial charge in [-0.15, -0.1) is 0 Å². The fourth-order valence-electron chi connectivity index (χ4n) is 4.09. The molecule has 3 aromatic rings. The summed E-state index contributed by atoms with van der Waals surface area (Å²) in [6, 6.07) is 14.1. The molecule has 1 unspecified atom stereocenters. The predicted molar refractivity (Wildman–Crippen MR) is 122 cm³/mol. The Morgan fingerprint density at radius 1 is 1.19 bits per heavy atom. The van der Waals surface area contributed by atoms with E-state index in [1.54, 1.807) is 18.3 Å². The molecule has 1 aliphatic rings. The molecule has 1 fully saturated rings. The number of hydrogen-bond acceptors (Lipinski definition) is 4. The molecule has 0 bridgehead atoms. The smallest absolute Gasteiger partial charge is 0.236 e. The molecule has 0 radical (unpaired) electrons. The van der Waals surface area contributed by atoms with E-state index in [1.165, 1.54) is 12.1 Å². The topological polar surface area (TPSA) is 49.6 Å². The number of halogens is 2. The minimum atomic E-state index is -0.255. The average molecular weight is 456 g/mol. The number of aromatic nitrogens is 1. The minimum Gasteiger partial charge on any atom is -0.445 e. The molecule has 1 aliphatic heterocycles. The summed E-state index contributed by atoms with van der Waals surface area (Å²) in [4.78, 5) is 21.2. The van der Waals surface area contributed by atoms with Crippen molar-refractivity contribution in [3.8, 4) is 0 Å². The monoisotopic (exact) mass is 455 g/mol. The van der Waals surface area contributed by atoms with Crippen LogP contribution in [0.5, 0.6) is 0 Å². The van der Waals surface area contributed by atoms with E-state index in [2.05, 4.69) is 4.98 Å². The number of carbonyl (C=O) groups is 1. The third-order valence-electron chi connectivity index (χ3n) is 5.76. The van der Waals surface area contributed by atoms with Crippen molar-refractivity contribution < 1.29 is 13.6 Å². The molecule has 1 aromatic heterocycles. The first-order valence-electron chi connectivity index (χ1n) is 10.9. The Balaban J connectivity index is 1.31. The zero-order valence-electron chi connectivity index (χ0n) is 18.1. The van der Waals surface area contributed by atoms with Crippen molar-refractivity contribution in [2.75, 3.05) is 26.7 Å². The summed E-state index contributed by atoms with van der Waals surface area (Å²) in [6.45, 7) is 2.27. The predicted octanol–water partition coefficient (Wildman–Crippen LogP) is 4.90. The average Bonchev–Trinajstić information content (AvgIpc) is 3.25. The maximum Gasteiger partial charge on any atom is 0.236 e. The molecule has 1 saturated heterocycles. The largest absolute Gasteiger partial charge is 0.445 e. The van der Waals surface area contributed by atoms with E-state index in [9.17, 15) is 9.18 Å². The van der Waals surface area contributed by atoms with Crippen LogP contribution in [0.25, 0.3) is 0 Å². The zero-order valence-corrected chi connectivity index (χ0v) is 18.9. The highest BCUT2D eigenvalue weighted by Crippen LogP contribution is 2.27. The van der Waals surface area contributed by atoms with E-state index in [4.69, 9.17) is 16.0 Å². The van der Waals surface area contributed by atoms with Gasteiger partial charge >= 0.3 is 0 Å². The normalized spacial score (nSPS) is 16.5. The molecule has 0 saturated carbocycles. The summed E-state index contributed by atoms with van der Waals surface area (Å²) >= 11 is 5.95. The minimum absolute atomic E-state index is 0.0901. The van der Waals surface area contributed by atoms with Crippen molar-refractivity contribution >= 4 is 17.5 Å². The Morgan fingerprint density at radius 2 is 1.91 bits per heavy atom. The Kier molecular flexibility index (Phi) is 7.22. The number of benzene rings is 2. The van der Waals surface area contributed by atoms with Crippen LogP contribution in [-0.4, -0.2) is 47.4 Å². The number of amides is 1. The molecule has 0 aliphatic carbocycles. The first kappa shape index (κ1) is 22.5. The summed E-state index contributed by atoms with van der Waals surface area (Å²) in [5.74, 6) is 1.45. The van der Waals surface area contributed by atoms with Gasteiger partial charge in [0, 0.05) is 31.1 Å². The number of likely N-dealkylation sites (tertiary alicyclic amines) is 1. The van der Waals surface area contributed by atoms with Gasteiger partial charge in [0.2, 0.25) is 5.91 Å². The van der Waals surface area contributed by atoms with Gasteiger partial charge in [-0.05, 0) is 55.3 Å². The number of piperidine rings is 1. The second-order valence-corrected chi connectivity index (χ2v) is 8.88. The first-order valence-corrected chi connectivity index (χ1v) is 11.2. The lowest BCUT2D eigenvalue weighted by Crippen LogP contribution is -2.43. The number of oxazole rings is 1.